The van der Waals surface area contributed by atoms with Crippen molar-refractivity contribution in [2.75, 3.05) is 39.0 Å². The molecule has 1 rings (SSSR count). The Bertz CT molecular complexity index is 302. The van der Waals surface area contributed by atoms with Gasteiger partial charge < -0.3 is 10.2 Å². The molecule has 5 nitrogen and oxygen atoms in total. The molecule has 6 heteroatoms. The maximum atomic E-state index is 11.6. The van der Waals surface area contributed by atoms with Crippen molar-refractivity contribution in [1.29, 1.82) is 0 Å². The molecule has 1 aliphatic carbocycles. The minimum atomic E-state index is -3.08. The Hall–Kier alpha value is -0.170. The maximum Gasteiger partial charge on any atom is 0.211 e. The van der Waals surface area contributed by atoms with Crippen molar-refractivity contribution < 1.29 is 8.42 Å². The highest BCUT2D eigenvalue weighted by Crippen LogP contribution is 2.18. The van der Waals surface area contributed by atoms with Gasteiger partial charge in [0.2, 0.25) is 10.0 Å². The summed E-state index contributed by atoms with van der Waals surface area (Å²) in [7, 11) is -1.10. The number of hydrogen-bond acceptors (Lipinski definition) is 4. The van der Waals surface area contributed by atoms with Crippen molar-refractivity contribution in [2.24, 2.45) is 0 Å². The van der Waals surface area contributed by atoms with Crippen molar-refractivity contribution in [1.82, 2.24) is 14.9 Å². The van der Waals surface area contributed by atoms with Crippen LogP contribution in [0.4, 0.5) is 0 Å². The van der Waals surface area contributed by atoms with E-state index in [4.69, 9.17) is 0 Å². The van der Waals surface area contributed by atoms with E-state index in [1.807, 2.05) is 7.05 Å². The van der Waals surface area contributed by atoms with Crippen molar-refractivity contribution in [3.05, 3.63) is 0 Å². The van der Waals surface area contributed by atoms with Crippen LogP contribution < -0.4 is 10.0 Å². The van der Waals surface area contributed by atoms with Crippen molar-refractivity contribution in [3.63, 3.8) is 0 Å². The van der Waals surface area contributed by atoms with Gasteiger partial charge in [-0.05, 0) is 39.4 Å². The fourth-order valence-corrected chi connectivity index (χ4v) is 2.55. The number of rotatable bonds is 10. The molecular weight excluding hydrogens is 238 g/mol. The van der Waals surface area contributed by atoms with Crippen LogP contribution in [0.3, 0.4) is 0 Å². The summed E-state index contributed by atoms with van der Waals surface area (Å²) in [4.78, 5) is 2.08. The topological polar surface area (TPSA) is 61.4 Å². The lowest BCUT2D eigenvalue weighted by atomic mass is 10.5. The van der Waals surface area contributed by atoms with E-state index in [1.165, 1.54) is 12.8 Å². The van der Waals surface area contributed by atoms with Gasteiger partial charge in [-0.1, -0.05) is 6.92 Å². The lowest BCUT2D eigenvalue weighted by Gasteiger charge is -2.14. The molecule has 0 saturated heterocycles. The minimum Gasteiger partial charge on any atom is -0.314 e. The van der Waals surface area contributed by atoms with Crippen molar-refractivity contribution in [2.45, 2.75) is 32.2 Å². The van der Waals surface area contributed by atoms with E-state index in [0.717, 1.165) is 19.6 Å². The highest BCUT2D eigenvalue weighted by molar-refractivity contribution is 7.89. The summed E-state index contributed by atoms with van der Waals surface area (Å²) in [6.07, 6.45) is 3.18. The Labute approximate surface area is 105 Å². The van der Waals surface area contributed by atoms with E-state index < -0.39 is 10.0 Å². The van der Waals surface area contributed by atoms with Crippen molar-refractivity contribution >= 4 is 10.0 Å². The molecule has 17 heavy (non-hydrogen) atoms. The molecule has 0 aromatic rings. The van der Waals surface area contributed by atoms with Gasteiger partial charge in [-0.15, -0.1) is 0 Å². The zero-order chi connectivity index (χ0) is 12.7. The number of hydrogen-bond donors (Lipinski definition) is 2. The van der Waals surface area contributed by atoms with Crippen LogP contribution in [0.15, 0.2) is 0 Å². The first kappa shape index (κ1) is 14.9. The third kappa shape index (κ3) is 7.70. The second-order valence-corrected chi connectivity index (χ2v) is 6.62. The molecule has 0 aromatic heterocycles. The largest absolute Gasteiger partial charge is 0.314 e. The van der Waals surface area contributed by atoms with Crippen LogP contribution in [0.25, 0.3) is 0 Å². The molecule has 0 spiro atoms. The van der Waals surface area contributed by atoms with E-state index >= 15 is 0 Å². The summed E-state index contributed by atoms with van der Waals surface area (Å²) in [6.45, 7) is 5.06. The third-order valence-electron chi connectivity index (χ3n) is 2.96. The maximum absolute atomic E-state index is 11.6. The Morgan fingerprint density at radius 1 is 1.29 bits per heavy atom. The number of nitrogens with zero attached hydrogens (tertiary/aromatic N) is 1. The number of sulfonamides is 1. The van der Waals surface area contributed by atoms with Crippen LogP contribution >= 0.6 is 0 Å². The highest BCUT2D eigenvalue weighted by Gasteiger charge is 2.20. The molecule has 0 aromatic carbocycles. The first-order valence-corrected chi connectivity index (χ1v) is 8.08. The van der Waals surface area contributed by atoms with Gasteiger partial charge in [0.25, 0.3) is 0 Å². The number of likely N-dealkylation sites (N-methyl/N-ethyl adjacent to an activating group) is 1. The Morgan fingerprint density at radius 3 is 2.59 bits per heavy atom. The fourth-order valence-electron chi connectivity index (χ4n) is 1.48. The molecule has 0 atom stereocenters. The fraction of sp³-hybridized carbons (Fsp3) is 1.00. The van der Waals surface area contributed by atoms with Crippen LogP contribution in [0.2, 0.25) is 0 Å². The van der Waals surface area contributed by atoms with E-state index in [2.05, 4.69) is 21.9 Å². The van der Waals surface area contributed by atoms with E-state index in [-0.39, 0.29) is 5.75 Å². The Balaban J connectivity index is 2.03. The quantitative estimate of drug-likeness (QED) is 0.545. The molecule has 0 radical (unpaired) electrons. The Kier molecular flexibility index (Phi) is 6.40. The third-order valence-corrected chi connectivity index (χ3v) is 4.43. The van der Waals surface area contributed by atoms with Crippen LogP contribution in [0.1, 0.15) is 26.2 Å². The average Bonchev–Trinajstić information content (AvgIpc) is 3.08. The molecular formula is C11H25N3O2S. The monoisotopic (exact) mass is 263 g/mol. The van der Waals surface area contributed by atoms with E-state index in [0.29, 0.717) is 19.0 Å². The van der Waals surface area contributed by atoms with Crippen LogP contribution in [-0.4, -0.2) is 58.3 Å². The van der Waals surface area contributed by atoms with E-state index in [9.17, 15) is 8.42 Å². The lowest BCUT2D eigenvalue weighted by molar-refractivity contribution is 0.358. The normalized spacial score (nSPS) is 16.6. The van der Waals surface area contributed by atoms with Crippen molar-refractivity contribution in [3.8, 4) is 0 Å². The smallest absolute Gasteiger partial charge is 0.211 e. The summed E-state index contributed by atoms with van der Waals surface area (Å²) in [6, 6.07) is 0.656. The Morgan fingerprint density at radius 2 is 2.00 bits per heavy atom. The molecule has 0 heterocycles. The predicted molar refractivity (Wildman–Crippen MR) is 70.6 cm³/mol. The van der Waals surface area contributed by atoms with Crippen LogP contribution in [0.5, 0.6) is 0 Å². The highest BCUT2D eigenvalue weighted by atomic mass is 32.2. The van der Waals surface area contributed by atoms with Gasteiger partial charge >= 0.3 is 0 Å². The molecule has 1 aliphatic rings. The molecule has 1 fully saturated rings. The van der Waals surface area contributed by atoms with Gasteiger partial charge in [0.1, 0.15) is 0 Å². The lowest BCUT2D eigenvalue weighted by Crippen LogP contribution is -2.34. The first-order valence-electron chi connectivity index (χ1n) is 6.43. The van der Waals surface area contributed by atoms with E-state index in [1.54, 1.807) is 0 Å². The summed E-state index contributed by atoms with van der Waals surface area (Å²) < 4.78 is 25.8. The predicted octanol–water partition coefficient (Wildman–Crippen LogP) is -0.000400. The zero-order valence-electron chi connectivity index (χ0n) is 10.9. The molecule has 1 saturated carbocycles. The number of nitrogens with one attached hydrogen (secondary N) is 2. The average molecular weight is 263 g/mol. The van der Waals surface area contributed by atoms with Gasteiger partial charge in [-0.3, -0.25) is 0 Å². The van der Waals surface area contributed by atoms with Gasteiger partial charge in [-0.25, -0.2) is 13.1 Å². The molecule has 102 valence electrons. The molecule has 2 N–H and O–H groups in total. The molecule has 0 bridgehead atoms. The standard InChI is InChI=1S/C11H25N3O2S/c1-3-14(2)9-8-13-17(15,16)10-4-7-12-11-5-6-11/h11-13H,3-10H2,1-2H3. The summed E-state index contributed by atoms with van der Waals surface area (Å²) >= 11 is 0. The summed E-state index contributed by atoms with van der Waals surface area (Å²) in [5.74, 6) is 0.225. The van der Waals surface area contributed by atoms with Gasteiger partial charge in [0.15, 0.2) is 0 Å². The molecule has 0 aliphatic heterocycles. The second-order valence-electron chi connectivity index (χ2n) is 4.69. The van der Waals surface area contributed by atoms with Crippen LogP contribution in [0, 0.1) is 0 Å². The second kappa shape index (κ2) is 7.31. The zero-order valence-corrected chi connectivity index (χ0v) is 11.7. The van der Waals surface area contributed by atoms with Crippen LogP contribution in [-0.2, 0) is 10.0 Å². The van der Waals surface area contributed by atoms with Gasteiger partial charge in [0, 0.05) is 19.1 Å². The van der Waals surface area contributed by atoms with Gasteiger partial charge in [0.05, 0.1) is 5.75 Å². The van der Waals surface area contributed by atoms with Gasteiger partial charge in [-0.2, -0.15) is 0 Å². The minimum absolute atomic E-state index is 0.225. The first-order chi connectivity index (χ1) is 8.03. The summed E-state index contributed by atoms with van der Waals surface area (Å²) in [5.41, 5.74) is 0. The molecule has 0 amide bonds. The molecule has 0 unspecified atom stereocenters. The SMILES string of the molecule is CCN(C)CCNS(=O)(=O)CCCNC1CC1. The summed E-state index contributed by atoms with van der Waals surface area (Å²) in [5, 5.41) is 3.31.